The monoisotopic (exact) mass is 247 g/mol. The first-order valence-electron chi connectivity index (χ1n) is 6.49. The lowest BCUT2D eigenvalue weighted by molar-refractivity contribution is -0.358. The summed E-state index contributed by atoms with van der Waals surface area (Å²) >= 11 is 0. The predicted molar refractivity (Wildman–Crippen MR) is 64.2 cm³/mol. The summed E-state index contributed by atoms with van der Waals surface area (Å²) in [5, 5.41) is 3.68. The van der Waals surface area contributed by atoms with E-state index in [1.807, 2.05) is 0 Å². The Bertz CT molecular complexity index is 211. The third kappa shape index (κ3) is 2.23. The fourth-order valence-corrected chi connectivity index (χ4v) is 3.28. The summed E-state index contributed by atoms with van der Waals surface area (Å²) in [5.74, 6) is 0. The van der Waals surface area contributed by atoms with Crippen molar-refractivity contribution < 1.29 is 9.78 Å². The van der Waals surface area contributed by atoms with Crippen molar-refractivity contribution in [2.75, 3.05) is 0 Å². The molecule has 3 fully saturated rings. The summed E-state index contributed by atoms with van der Waals surface area (Å²) in [7, 11) is 0. The van der Waals surface area contributed by atoms with Crippen LogP contribution in [0.2, 0.25) is 0 Å². The van der Waals surface area contributed by atoms with E-state index in [0.29, 0.717) is 0 Å². The van der Waals surface area contributed by atoms with Crippen molar-refractivity contribution in [3.63, 3.8) is 0 Å². The molecule has 0 aromatic carbocycles. The first-order chi connectivity index (χ1) is 7.33. The number of halogens is 1. The molecule has 0 aromatic heterocycles. The van der Waals surface area contributed by atoms with E-state index in [9.17, 15) is 0 Å². The Morgan fingerprint density at radius 2 is 1.00 bits per heavy atom. The largest absolute Gasteiger partial charge is 0.256 e. The molecular formula is C12H22ClNO2. The molecule has 94 valence electrons. The van der Waals surface area contributed by atoms with Crippen LogP contribution in [0.4, 0.5) is 0 Å². The fraction of sp³-hybridized carbons (Fsp3) is 1.00. The van der Waals surface area contributed by atoms with Crippen LogP contribution in [0.25, 0.3) is 0 Å². The summed E-state index contributed by atoms with van der Waals surface area (Å²) in [5.41, 5.74) is -0.259. The van der Waals surface area contributed by atoms with Crippen LogP contribution in [0.1, 0.15) is 64.2 Å². The first-order valence-corrected chi connectivity index (χ1v) is 6.49. The van der Waals surface area contributed by atoms with E-state index >= 15 is 0 Å². The van der Waals surface area contributed by atoms with Gasteiger partial charge in [-0.2, -0.15) is 0 Å². The molecule has 3 aliphatic rings. The second-order valence-corrected chi connectivity index (χ2v) is 5.40. The minimum Gasteiger partial charge on any atom is -0.256 e. The van der Waals surface area contributed by atoms with Crippen LogP contribution in [0.3, 0.4) is 0 Å². The zero-order valence-electron chi connectivity index (χ0n) is 9.80. The van der Waals surface area contributed by atoms with Crippen LogP contribution in [0.5, 0.6) is 0 Å². The van der Waals surface area contributed by atoms with Gasteiger partial charge in [0.25, 0.3) is 0 Å². The Morgan fingerprint density at radius 3 is 1.38 bits per heavy atom. The standard InChI is InChI=1S/C12H21NO2.ClH/c1-3-7-11(8-4-1)13-12(15-14-11)9-5-2-6-10-12;/h13H,1-10H2;1H. The highest BCUT2D eigenvalue weighted by molar-refractivity contribution is 5.85. The third-order valence-corrected chi connectivity index (χ3v) is 4.14. The average molecular weight is 248 g/mol. The number of rotatable bonds is 0. The quantitative estimate of drug-likeness (QED) is 0.667. The van der Waals surface area contributed by atoms with E-state index in [0.717, 1.165) is 25.7 Å². The first kappa shape index (κ1) is 12.6. The van der Waals surface area contributed by atoms with E-state index in [-0.39, 0.29) is 23.9 Å². The topological polar surface area (TPSA) is 30.5 Å². The van der Waals surface area contributed by atoms with Crippen LogP contribution in [0, 0.1) is 0 Å². The molecule has 0 atom stereocenters. The zero-order chi connectivity index (χ0) is 10.2. The molecule has 0 radical (unpaired) electrons. The van der Waals surface area contributed by atoms with Crippen molar-refractivity contribution in [2.24, 2.45) is 0 Å². The lowest BCUT2D eigenvalue weighted by atomic mass is 9.87. The third-order valence-electron chi connectivity index (χ3n) is 4.14. The molecule has 2 saturated carbocycles. The van der Waals surface area contributed by atoms with Gasteiger partial charge in [-0.3, -0.25) is 5.32 Å². The number of nitrogens with one attached hydrogen (secondary N) is 1. The van der Waals surface area contributed by atoms with Crippen LogP contribution in [-0.2, 0) is 9.78 Å². The van der Waals surface area contributed by atoms with Gasteiger partial charge in [0.1, 0.15) is 0 Å². The summed E-state index contributed by atoms with van der Waals surface area (Å²) in [4.78, 5) is 11.3. The smallest absolute Gasteiger partial charge is 0.156 e. The van der Waals surface area contributed by atoms with E-state index in [4.69, 9.17) is 9.78 Å². The van der Waals surface area contributed by atoms with Crippen molar-refractivity contribution in [1.82, 2.24) is 5.32 Å². The lowest BCUT2D eigenvalue weighted by Crippen LogP contribution is -2.52. The molecule has 16 heavy (non-hydrogen) atoms. The summed E-state index contributed by atoms with van der Waals surface area (Å²) in [6.07, 6.45) is 12.3. The van der Waals surface area contributed by atoms with Crippen LogP contribution < -0.4 is 5.32 Å². The SMILES string of the molecule is C1CCC2(CC1)NC1(CCCCC1)OO2.Cl. The van der Waals surface area contributed by atoms with Gasteiger partial charge >= 0.3 is 0 Å². The molecule has 4 heteroatoms. The Kier molecular flexibility index (Phi) is 3.79. The molecule has 0 unspecified atom stereocenters. The molecule has 2 spiro atoms. The highest BCUT2D eigenvalue weighted by atomic mass is 35.5. The van der Waals surface area contributed by atoms with E-state index in [1.54, 1.807) is 0 Å². The van der Waals surface area contributed by atoms with Gasteiger partial charge in [-0.1, -0.05) is 12.8 Å². The Labute approximate surface area is 104 Å². The summed E-state index contributed by atoms with van der Waals surface area (Å²) < 4.78 is 0. The Hall–Kier alpha value is 0.170. The number of hydrogen-bond donors (Lipinski definition) is 1. The molecule has 3 rings (SSSR count). The molecule has 1 aliphatic heterocycles. The van der Waals surface area contributed by atoms with Gasteiger partial charge in [0.05, 0.1) is 0 Å². The Balaban J connectivity index is 0.000000963. The highest BCUT2D eigenvalue weighted by Crippen LogP contribution is 2.42. The van der Waals surface area contributed by atoms with Gasteiger partial charge in [0.15, 0.2) is 11.4 Å². The van der Waals surface area contributed by atoms with E-state index in [2.05, 4.69) is 5.32 Å². The molecule has 0 aromatic rings. The van der Waals surface area contributed by atoms with Gasteiger partial charge in [0.2, 0.25) is 0 Å². The molecule has 0 bridgehead atoms. The second kappa shape index (κ2) is 4.81. The molecule has 1 heterocycles. The molecule has 2 aliphatic carbocycles. The maximum Gasteiger partial charge on any atom is 0.156 e. The van der Waals surface area contributed by atoms with Crippen molar-refractivity contribution in [3.05, 3.63) is 0 Å². The molecule has 1 saturated heterocycles. The van der Waals surface area contributed by atoms with Crippen molar-refractivity contribution in [1.29, 1.82) is 0 Å². The normalized spacial score (nSPS) is 31.5. The lowest BCUT2D eigenvalue weighted by Gasteiger charge is -2.34. The van der Waals surface area contributed by atoms with Crippen LogP contribution >= 0.6 is 12.4 Å². The molecule has 0 amide bonds. The van der Waals surface area contributed by atoms with E-state index in [1.165, 1.54) is 38.5 Å². The van der Waals surface area contributed by atoms with Gasteiger partial charge in [0, 0.05) is 0 Å². The fourth-order valence-electron chi connectivity index (χ4n) is 3.28. The average Bonchev–Trinajstić information content (AvgIpc) is 2.60. The summed E-state index contributed by atoms with van der Waals surface area (Å²) in [6.45, 7) is 0. The highest BCUT2D eigenvalue weighted by Gasteiger charge is 2.51. The molecule has 1 N–H and O–H groups in total. The van der Waals surface area contributed by atoms with E-state index < -0.39 is 0 Å². The number of hydrogen-bond acceptors (Lipinski definition) is 3. The zero-order valence-corrected chi connectivity index (χ0v) is 10.6. The van der Waals surface area contributed by atoms with Gasteiger partial charge in [-0.25, -0.2) is 9.78 Å². The minimum atomic E-state index is -0.129. The van der Waals surface area contributed by atoms with Crippen molar-refractivity contribution in [3.8, 4) is 0 Å². The maximum absolute atomic E-state index is 5.66. The summed E-state index contributed by atoms with van der Waals surface area (Å²) in [6, 6.07) is 0. The maximum atomic E-state index is 5.66. The van der Waals surface area contributed by atoms with Crippen molar-refractivity contribution >= 4 is 12.4 Å². The van der Waals surface area contributed by atoms with Gasteiger partial charge in [-0.05, 0) is 51.4 Å². The molecular weight excluding hydrogens is 226 g/mol. The molecule has 3 nitrogen and oxygen atoms in total. The second-order valence-electron chi connectivity index (χ2n) is 5.40. The van der Waals surface area contributed by atoms with Crippen molar-refractivity contribution in [2.45, 2.75) is 75.7 Å². The predicted octanol–water partition coefficient (Wildman–Crippen LogP) is 3.28. The minimum absolute atomic E-state index is 0. The Morgan fingerprint density at radius 1 is 0.625 bits per heavy atom. The van der Waals surface area contributed by atoms with Gasteiger partial charge < -0.3 is 0 Å². The van der Waals surface area contributed by atoms with Crippen LogP contribution in [-0.4, -0.2) is 11.4 Å². The van der Waals surface area contributed by atoms with Gasteiger partial charge in [-0.15, -0.1) is 12.4 Å². The van der Waals surface area contributed by atoms with Crippen LogP contribution in [0.15, 0.2) is 0 Å².